The lowest BCUT2D eigenvalue weighted by Gasteiger charge is -2.30. The summed E-state index contributed by atoms with van der Waals surface area (Å²) in [6, 6.07) is 8.01. The first-order chi connectivity index (χ1) is 11.9. The van der Waals surface area contributed by atoms with E-state index in [1.165, 1.54) is 0 Å². The predicted octanol–water partition coefficient (Wildman–Crippen LogP) is 3.88. The van der Waals surface area contributed by atoms with E-state index in [4.69, 9.17) is 4.74 Å². The molecule has 3 rings (SSSR count). The Kier molecular flexibility index (Phi) is 4.59. The number of nitrogens with zero attached hydrogens (tertiary/aromatic N) is 2. The molecule has 5 heteroatoms. The summed E-state index contributed by atoms with van der Waals surface area (Å²) in [5.74, 6) is 0.841. The van der Waals surface area contributed by atoms with Crippen molar-refractivity contribution in [2.45, 2.75) is 33.3 Å². The van der Waals surface area contributed by atoms with Gasteiger partial charge in [-0.3, -0.25) is 9.69 Å². The lowest BCUT2D eigenvalue weighted by molar-refractivity contribution is -0.115. The van der Waals surface area contributed by atoms with E-state index < -0.39 is 0 Å². The van der Waals surface area contributed by atoms with Gasteiger partial charge < -0.3 is 10.1 Å². The Morgan fingerprint density at radius 1 is 1.36 bits per heavy atom. The lowest BCUT2D eigenvalue weighted by Crippen LogP contribution is -2.26. The molecule has 0 saturated carbocycles. The number of carbonyl (C=O) groups excluding carboxylic acids is 1. The summed E-state index contributed by atoms with van der Waals surface area (Å²) in [5.41, 5.74) is 5.70. The van der Waals surface area contributed by atoms with E-state index in [2.05, 4.69) is 16.9 Å². The molecule has 130 valence electrons. The number of pyridine rings is 1. The van der Waals surface area contributed by atoms with Crippen molar-refractivity contribution in [3.63, 3.8) is 0 Å². The number of aromatic nitrogens is 1. The second-order valence-corrected chi connectivity index (χ2v) is 6.37. The Morgan fingerprint density at radius 3 is 2.80 bits per heavy atom. The van der Waals surface area contributed by atoms with E-state index in [-0.39, 0.29) is 12.0 Å². The number of anilines is 3. The largest absolute Gasteiger partial charge is 0.376 e. The molecule has 0 saturated heterocycles. The highest BCUT2D eigenvalue weighted by Crippen LogP contribution is 2.37. The lowest BCUT2D eigenvalue weighted by atomic mass is 10.0. The number of hydrogen-bond acceptors (Lipinski definition) is 4. The van der Waals surface area contributed by atoms with Gasteiger partial charge in [-0.05, 0) is 55.7 Å². The van der Waals surface area contributed by atoms with E-state index >= 15 is 0 Å². The molecule has 1 aliphatic heterocycles. The number of carbonyl (C=O) groups is 1. The number of hydrogen-bond donors (Lipinski definition) is 1. The minimum absolute atomic E-state index is 0.0277. The highest BCUT2D eigenvalue weighted by atomic mass is 16.5. The van der Waals surface area contributed by atoms with Crippen LogP contribution in [0.3, 0.4) is 0 Å². The molecular weight excluding hydrogens is 314 g/mol. The predicted molar refractivity (Wildman–Crippen MR) is 100 cm³/mol. The van der Waals surface area contributed by atoms with Gasteiger partial charge in [-0.1, -0.05) is 12.6 Å². The summed E-state index contributed by atoms with van der Waals surface area (Å²) < 4.78 is 5.48. The van der Waals surface area contributed by atoms with Crippen molar-refractivity contribution in [2.75, 3.05) is 17.3 Å². The summed E-state index contributed by atoms with van der Waals surface area (Å²) in [4.78, 5) is 18.3. The Bertz CT molecular complexity index is 845. The maximum atomic E-state index is 11.8. The standard InChI is InChI=1S/C20H23N3O2/c1-12-7-6-8-21-20(12)23(14(3)15(4)25-5)17-9-13(2)19-16(10-17)11-18(24)22-19/h6-10,15H,3,11H2,1-2,4-5H3,(H,22,24). The molecule has 2 aromatic rings. The normalized spacial score (nSPS) is 14.0. The van der Waals surface area contributed by atoms with Crippen LogP contribution >= 0.6 is 0 Å². The number of benzene rings is 1. The fraction of sp³-hybridized carbons (Fsp3) is 0.300. The molecule has 1 aliphatic rings. The number of methoxy groups -OCH3 is 1. The van der Waals surface area contributed by atoms with Crippen molar-refractivity contribution >= 4 is 23.1 Å². The zero-order chi connectivity index (χ0) is 18.1. The van der Waals surface area contributed by atoms with Crippen molar-refractivity contribution in [1.29, 1.82) is 0 Å². The summed E-state index contributed by atoms with van der Waals surface area (Å²) in [7, 11) is 1.66. The van der Waals surface area contributed by atoms with Gasteiger partial charge in [0.05, 0.1) is 12.5 Å². The number of ether oxygens (including phenoxy) is 1. The Labute approximate surface area is 148 Å². The summed E-state index contributed by atoms with van der Waals surface area (Å²) in [5, 5.41) is 2.93. The summed E-state index contributed by atoms with van der Waals surface area (Å²) in [6.45, 7) is 10.2. The summed E-state index contributed by atoms with van der Waals surface area (Å²) in [6.07, 6.45) is 1.99. The summed E-state index contributed by atoms with van der Waals surface area (Å²) >= 11 is 0. The van der Waals surface area contributed by atoms with Crippen LogP contribution in [0.25, 0.3) is 0 Å². The van der Waals surface area contributed by atoms with Crippen molar-refractivity contribution in [2.24, 2.45) is 0 Å². The van der Waals surface area contributed by atoms with E-state index in [0.29, 0.717) is 6.42 Å². The van der Waals surface area contributed by atoms with E-state index in [1.807, 2.05) is 49.9 Å². The first-order valence-corrected chi connectivity index (χ1v) is 8.29. The topological polar surface area (TPSA) is 54.5 Å². The van der Waals surface area contributed by atoms with Crippen molar-refractivity contribution in [3.8, 4) is 0 Å². The van der Waals surface area contributed by atoms with Crippen LogP contribution in [0.5, 0.6) is 0 Å². The van der Waals surface area contributed by atoms with Gasteiger partial charge in [0.15, 0.2) is 0 Å². The Balaban J connectivity index is 2.15. The molecule has 25 heavy (non-hydrogen) atoms. The van der Waals surface area contributed by atoms with Gasteiger partial charge in [0, 0.05) is 30.4 Å². The van der Waals surface area contributed by atoms with Gasteiger partial charge in [0.25, 0.3) is 0 Å². The molecule has 0 spiro atoms. The molecule has 1 N–H and O–H groups in total. The number of rotatable bonds is 5. The monoisotopic (exact) mass is 337 g/mol. The number of fused-ring (bicyclic) bond motifs is 1. The second kappa shape index (κ2) is 6.69. The minimum Gasteiger partial charge on any atom is -0.376 e. The third-order valence-electron chi connectivity index (χ3n) is 4.58. The smallest absolute Gasteiger partial charge is 0.228 e. The van der Waals surface area contributed by atoms with Crippen molar-refractivity contribution in [3.05, 3.63) is 59.4 Å². The first-order valence-electron chi connectivity index (χ1n) is 8.29. The third-order valence-corrected chi connectivity index (χ3v) is 4.58. The Hall–Kier alpha value is -2.66. The average Bonchev–Trinajstić information content (AvgIpc) is 2.97. The molecule has 5 nitrogen and oxygen atoms in total. The van der Waals surface area contributed by atoms with Crippen LogP contribution in [0.4, 0.5) is 17.2 Å². The maximum absolute atomic E-state index is 11.8. The fourth-order valence-electron chi connectivity index (χ4n) is 3.10. The van der Waals surface area contributed by atoms with Gasteiger partial charge >= 0.3 is 0 Å². The van der Waals surface area contributed by atoms with Gasteiger partial charge in [-0.25, -0.2) is 4.98 Å². The van der Waals surface area contributed by atoms with Crippen LogP contribution in [0, 0.1) is 13.8 Å². The molecule has 1 aromatic carbocycles. The van der Waals surface area contributed by atoms with E-state index in [9.17, 15) is 4.79 Å². The average molecular weight is 337 g/mol. The number of nitrogens with one attached hydrogen (secondary N) is 1. The number of aryl methyl sites for hydroxylation is 2. The van der Waals surface area contributed by atoms with Crippen LogP contribution in [-0.4, -0.2) is 24.1 Å². The van der Waals surface area contributed by atoms with Crippen LogP contribution in [0.15, 0.2) is 42.7 Å². The molecule has 0 aliphatic carbocycles. The van der Waals surface area contributed by atoms with Crippen molar-refractivity contribution in [1.82, 2.24) is 4.98 Å². The zero-order valence-electron chi connectivity index (χ0n) is 15.1. The maximum Gasteiger partial charge on any atom is 0.228 e. The fourth-order valence-corrected chi connectivity index (χ4v) is 3.10. The molecule has 1 unspecified atom stereocenters. The first kappa shape index (κ1) is 17.2. The molecule has 0 bridgehead atoms. The van der Waals surface area contributed by atoms with Gasteiger partial charge in [-0.2, -0.15) is 0 Å². The van der Waals surface area contributed by atoms with E-state index in [1.54, 1.807) is 13.3 Å². The zero-order valence-corrected chi connectivity index (χ0v) is 15.1. The van der Waals surface area contributed by atoms with Gasteiger partial charge in [0.2, 0.25) is 5.91 Å². The molecule has 1 atom stereocenters. The van der Waals surface area contributed by atoms with Crippen LogP contribution in [0.1, 0.15) is 23.6 Å². The van der Waals surface area contributed by atoms with Crippen LogP contribution in [0.2, 0.25) is 0 Å². The molecular formula is C20H23N3O2. The highest BCUT2D eigenvalue weighted by Gasteiger charge is 2.25. The molecule has 0 radical (unpaired) electrons. The third kappa shape index (κ3) is 3.15. The van der Waals surface area contributed by atoms with Crippen LogP contribution in [-0.2, 0) is 16.0 Å². The SMILES string of the molecule is C=C(C(C)OC)N(c1cc(C)c2c(c1)CC(=O)N2)c1ncccc1C. The molecule has 1 amide bonds. The number of amides is 1. The second-order valence-electron chi connectivity index (χ2n) is 6.37. The van der Waals surface area contributed by atoms with E-state index in [0.717, 1.165) is 39.6 Å². The molecule has 0 fully saturated rings. The molecule has 2 heterocycles. The highest BCUT2D eigenvalue weighted by molar-refractivity contribution is 6.00. The van der Waals surface area contributed by atoms with Gasteiger partial charge in [0.1, 0.15) is 5.82 Å². The minimum atomic E-state index is -0.172. The Morgan fingerprint density at radius 2 is 2.12 bits per heavy atom. The van der Waals surface area contributed by atoms with Gasteiger partial charge in [-0.15, -0.1) is 0 Å². The van der Waals surface area contributed by atoms with Crippen molar-refractivity contribution < 1.29 is 9.53 Å². The van der Waals surface area contributed by atoms with Crippen LogP contribution < -0.4 is 10.2 Å². The molecule has 1 aromatic heterocycles. The quantitative estimate of drug-likeness (QED) is 0.899.